The minimum absolute atomic E-state index is 0.597. The van der Waals surface area contributed by atoms with Gasteiger partial charge in [0.05, 0.1) is 5.69 Å². The summed E-state index contributed by atoms with van der Waals surface area (Å²) in [6.07, 6.45) is 0. The van der Waals surface area contributed by atoms with Gasteiger partial charge in [-0.1, -0.05) is 11.6 Å². The molecule has 2 aromatic rings. The van der Waals surface area contributed by atoms with E-state index >= 15 is 0 Å². The van der Waals surface area contributed by atoms with E-state index in [1.54, 1.807) is 12.1 Å². The molecule has 16 heavy (non-hydrogen) atoms. The molecule has 3 nitrogen and oxygen atoms in total. The van der Waals surface area contributed by atoms with Crippen LogP contribution >= 0.6 is 23.1 Å². The van der Waals surface area contributed by atoms with Gasteiger partial charge in [-0.3, -0.25) is 0 Å². The summed E-state index contributed by atoms with van der Waals surface area (Å²) < 4.78 is 4.13. The first-order chi connectivity index (χ1) is 7.70. The van der Waals surface area contributed by atoms with E-state index in [2.05, 4.69) is 15.8 Å². The van der Waals surface area contributed by atoms with E-state index in [1.165, 1.54) is 11.5 Å². The van der Waals surface area contributed by atoms with Gasteiger partial charge in [0.25, 0.3) is 0 Å². The Labute approximate surface area is 102 Å². The van der Waals surface area contributed by atoms with Crippen molar-refractivity contribution in [2.45, 2.75) is 6.92 Å². The maximum absolute atomic E-state index is 8.97. The molecule has 1 N–H and O–H groups in total. The van der Waals surface area contributed by atoms with Crippen molar-refractivity contribution < 1.29 is 0 Å². The predicted octanol–water partition coefficient (Wildman–Crippen LogP) is 3.72. The molecule has 0 aliphatic carbocycles. The normalized spacial score (nSPS) is 9.81. The lowest BCUT2D eigenvalue weighted by Gasteiger charge is -2.03. The van der Waals surface area contributed by atoms with Crippen molar-refractivity contribution in [3.8, 4) is 6.07 Å². The summed E-state index contributed by atoms with van der Waals surface area (Å²) in [5, 5.41) is 13.6. The SMILES string of the molecule is Cc1nsc(Nc2ccc(Cl)cc2)c1C#N. The molecule has 80 valence electrons. The lowest BCUT2D eigenvalue weighted by atomic mass is 10.2. The molecule has 0 atom stereocenters. The Morgan fingerprint density at radius 2 is 2.06 bits per heavy atom. The van der Waals surface area contributed by atoms with Gasteiger partial charge in [-0.25, -0.2) is 0 Å². The van der Waals surface area contributed by atoms with Gasteiger partial charge in [0.15, 0.2) is 0 Å². The third-order valence-electron chi connectivity index (χ3n) is 2.08. The molecule has 0 unspecified atom stereocenters. The van der Waals surface area contributed by atoms with Gasteiger partial charge in [0.1, 0.15) is 16.6 Å². The fraction of sp³-hybridized carbons (Fsp3) is 0.0909. The molecule has 0 bridgehead atoms. The van der Waals surface area contributed by atoms with E-state index in [0.29, 0.717) is 10.6 Å². The summed E-state index contributed by atoms with van der Waals surface area (Å²) in [7, 11) is 0. The second kappa shape index (κ2) is 4.52. The molecule has 1 aromatic carbocycles. The van der Waals surface area contributed by atoms with Crippen molar-refractivity contribution >= 4 is 33.8 Å². The van der Waals surface area contributed by atoms with Gasteiger partial charge in [-0.15, -0.1) is 0 Å². The zero-order valence-electron chi connectivity index (χ0n) is 8.49. The first-order valence-electron chi connectivity index (χ1n) is 4.59. The molecule has 0 aliphatic rings. The van der Waals surface area contributed by atoms with Crippen molar-refractivity contribution in [3.05, 3.63) is 40.5 Å². The van der Waals surface area contributed by atoms with Gasteiger partial charge in [0, 0.05) is 10.7 Å². The quantitative estimate of drug-likeness (QED) is 0.883. The number of aryl methyl sites for hydroxylation is 1. The van der Waals surface area contributed by atoms with Gasteiger partial charge in [-0.05, 0) is 42.7 Å². The Hall–Kier alpha value is -1.57. The number of nitrogens with zero attached hydrogens (tertiary/aromatic N) is 2. The van der Waals surface area contributed by atoms with Crippen molar-refractivity contribution in [1.29, 1.82) is 5.26 Å². The molecule has 5 heteroatoms. The van der Waals surface area contributed by atoms with Crippen LogP contribution in [0.3, 0.4) is 0 Å². The molecular formula is C11H8ClN3S. The van der Waals surface area contributed by atoms with Gasteiger partial charge in [0.2, 0.25) is 0 Å². The molecule has 0 amide bonds. The van der Waals surface area contributed by atoms with E-state index in [4.69, 9.17) is 16.9 Å². The van der Waals surface area contributed by atoms with Crippen LogP contribution in [0.15, 0.2) is 24.3 Å². The van der Waals surface area contributed by atoms with Crippen LogP contribution in [-0.4, -0.2) is 4.37 Å². The molecule has 1 heterocycles. The Morgan fingerprint density at radius 1 is 1.38 bits per heavy atom. The fourth-order valence-corrected chi connectivity index (χ4v) is 2.14. The minimum atomic E-state index is 0.597. The van der Waals surface area contributed by atoms with E-state index in [1.807, 2.05) is 19.1 Å². The zero-order chi connectivity index (χ0) is 11.5. The average molecular weight is 250 g/mol. The summed E-state index contributed by atoms with van der Waals surface area (Å²) >= 11 is 7.07. The lowest BCUT2D eigenvalue weighted by Crippen LogP contribution is -1.89. The highest BCUT2D eigenvalue weighted by Gasteiger charge is 2.09. The largest absolute Gasteiger partial charge is 0.345 e. The first-order valence-corrected chi connectivity index (χ1v) is 5.75. The highest BCUT2D eigenvalue weighted by molar-refractivity contribution is 7.10. The molecule has 0 saturated carbocycles. The topological polar surface area (TPSA) is 48.7 Å². The predicted molar refractivity (Wildman–Crippen MR) is 66.3 cm³/mol. The summed E-state index contributed by atoms with van der Waals surface area (Å²) in [4.78, 5) is 0. The minimum Gasteiger partial charge on any atom is -0.345 e. The maximum atomic E-state index is 8.97. The number of anilines is 2. The second-order valence-electron chi connectivity index (χ2n) is 3.22. The first kappa shape index (κ1) is 10.9. The van der Waals surface area contributed by atoms with E-state index in [-0.39, 0.29) is 0 Å². The van der Waals surface area contributed by atoms with Gasteiger partial charge >= 0.3 is 0 Å². The van der Waals surface area contributed by atoms with E-state index in [0.717, 1.165) is 16.4 Å². The molecule has 0 aliphatic heterocycles. The second-order valence-corrected chi connectivity index (χ2v) is 4.43. The van der Waals surface area contributed by atoms with Gasteiger partial charge < -0.3 is 5.32 Å². The number of aromatic nitrogens is 1. The smallest absolute Gasteiger partial charge is 0.132 e. The molecule has 2 rings (SSSR count). The van der Waals surface area contributed by atoms with Crippen molar-refractivity contribution in [2.75, 3.05) is 5.32 Å². The molecule has 0 spiro atoms. The Kier molecular flexibility index (Phi) is 3.09. The summed E-state index contributed by atoms with van der Waals surface area (Å²) in [5.41, 5.74) is 2.24. The van der Waals surface area contributed by atoms with Crippen LogP contribution in [0.1, 0.15) is 11.3 Å². The number of hydrogen-bond donors (Lipinski definition) is 1. The number of nitriles is 1. The Balaban J connectivity index is 2.27. The van der Waals surface area contributed by atoms with Crippen LogP contribution in [0.5, 0.6) is 0 Å². The van der Waals surface area contributed by atoms with E-state index < -0.39 is 0 Å². The number of nitrogens with one attached hydrogen (secondary N) is 1. The molecule has 0 fully saturated rings. The highest BCUT2D eigenvalue weighted by atomic mass is 35.5. The van der Waals surface area contributed by atoms with Crippen LogP contribution in [0.25, 0.3) is 0 Å². The van der Waals surface area contributed by atoms with Crippen molar-refractivity contribution in [1.82, 2.24) is 4.37 Å². The van der Waals surface area contributed by atoms with Crippen LogP contribution in [0, 0.1) is 18.3 Å². The molecule has 0 saturated heterocycles. The third kappa shape index (κ3) is 2.16. The zero-order valence-corrected chi connectivity index (χ0v) is 10.1. The molecular weight excluding hydrogens is 242 g/mol. The van der Waals surface area contributed by atoms with Crippen molar-refractivity contribution in [3.63, 3.8) is 0 Å². The summed E-state index contributed by atoms with van der Waals surface area (Å²) in [6, 6.07) is 9.45. The summed E-state index contributed by atoms with van der Waals surface area (Å²) in [6.45, 7) is 1.82. The maximum Gasteiger partial charge on any atom is 0.132 e. The van der Waals surface area contributed by atoms with Gasteiger partial charge in [-0.2, -0.15) is 9.64 Å². The average Bonchev–Trinajstić information content (AvgIpc) is 2.63. The fourth-order valence-electron chi connectivity index (χ4n) is 1.25. The van der Waals surface area contributed by atoms with Crippen LogP contribution < -0.4 is 5.32 Å². The van der Waals surface area contributed by atoms with E-state index in [9.17, 15) is 0 Å². The molecule has 1 aromatic heterocycles. The van der Waals surface area contributed by atoms with Crippen LogP contribution in [0.4, 0.5) is 10.7 Å². The highest BCUT2D eigenvalue weighted by Crippen LogP contribution is 2.27. The molecule has 0 radical (unpaired) electrons. The van der Waals surface area contributed by atoms with Crippen molar-refractivity contribution in [2.24, 2.45) is 0 Å². The number of rotatable bonds is 2. The number of hydrogen-bond acceptors (Lipinski definition) is 4. The summed E-state index contributed by atoms with van der Waals surface area (Å²) in [5.74, 6) is 0. The standard InChI is InChI=1S/C11H8ClN3S/c1-7-10(6-13)11(16-15-7)14-9-4-2-8(12)3-5-9/h2-5,14H,1H3. The van der Waals surface area contributed by atoms with Crippen LogP contribution in [-0.2, 0) is 0 Å². The third-order valence-corrected chi connectivity index (χ3v) is 3.18. The number of halogens is 1. The monoisotopic (exact) mass is 249 g/mol. The van der Waals surface area contributed by atoms with Crippen LogP contribution in [0.2, 0.25) is 5.02 Å². The number of benzene rings is 1. The lowest BCUT2D eigenvalue weighted by molar-refractivity contribution is 1.31. The Bertz CT molecular complexity index is 539. The Morgan fingerprint density at radius 3 is 2.69 bits per heavy atom.